The molecular formula is C16H29N3O. The molecule has 1 spiro atoms. The number of hydrogen-bond donors (Lipinski definition) is 2. The number of ether oxygens (including phenoxy) is 1. The monoisotopic (exact) mass is 279 g/mol. The first kappa shape index (κ1) is 14.2. The molecule has 4 heteroatoms. The Morgan fingerprint density at radius 3 is 2.90 bits per heavy atom. The number of hydrogen-bond acceptors (Lipinski definition) is 2. The van der Waals surface area contributed by atoms with Gasteiger partial charge in [0.25, 0.3) is 0 Å². The SMILES string of the molecule is CCCCCCN=C(N)NC1C2CCOC2C12CCC2. The molecule has 1 aliphatic heterocycles. The fourth-order valence-electron chi connectivity index (χ4n) is 4.40. The zero-order valence-corrected chi connectivity index (χ0v) is 12.7. The molecular weight excluding hydrogens is 250 g/mol. The van der Waals surface area contributed by atoms with Crippen LogP contribution < -0.4 is 11.1 Å². The minimum absolute atomic E-state index is 0.392. The van der Waals surface area contributed by atoms with Crippen molar-refractivity contribution in [2.24, 2.45) is 22.1 Å². The molecule has 3 fully saturated rings. The molecule has 3 aliphatic rings. The summed E-state index contributed by atoms with van der Waals surface area (Å²) in [4.78, 5) is 4.50. The highest BCUT2D eigenvalue weighted by atomic mass is 16.5. The van der Waals surface area contributed by atoms with E-state index in [1.807, 2.05) is 0 Å². The molecule has 2 saturated carbocycles. The quantitative estimate of drug-likeness (QED) is 0.446. The summed E-state index contributed by atoms with van der Waals surface area (Å²) >= 11 is 0. The van der Waals surface area contributed by atoms with Crippen LogP contribution in [0.15, 0.2) is 4.99 Å². The molecule has 2 aliphatic carbocycles. The van der Waals surface area contributed by atoms with Crippen molar-refractivity contribution in [3.05, 3.63) is 0 Å². The summed E-state index contributed by atoms with van der Waals surface area (Å²) in [5, 5.41) is 3.52. The van der Waals surface area contributed by atoms with Crippen molar-refractivity contribution in [1.29, 1.82) is 0 Å². The van der Waals surface area contributed by atoms with Crippen LogP contribution in [0.3, 0.4) is 0 Å². The van der Waals surface area contributed by atoms with Crippen molar-refractivity contribution < 1.29 is 4.74 Å². The van der Waals surface area contributed by atoms with Gasteiger partial charge in [-0.25, -0.2) is 0 Å². The lowest BCUT2D eigenvalue weighted by Gasteiger charge is -2.63. The minimum Gasteiger partial charge on any atom is -0.377 e. The van der Waals surface area contributed by atoms with Crippen molar-refractivity contribution in [3.63, 3.8) is 0 Å². The Morgan fingerprint density at radius 1 is 1.35 bits per heavy atom. The summed E-state index contributed by atoms with van der Waals surface area (Å²) in [5.41, 5.74) is 6.47. The summed E-state index contributed by atoms with van der Waals surface area (Å²) in [6.07, 6.45) is 10.6. The highest BCUT2D eigenvalue weighted by Gasteiger charge is 2.66. The van der Waals surface area contributed by atoms with Crippen LogP contribution in [0.25, 0.3) is 0 Å². The third-order valence-electron chi connectivity index (χ3n) is 5.63. The molecule has 4 nitrogen and oxygen atoms in total. The van der Waals surface area contributed by atoms with Gasteiger partial charge in [0.1, 0.15) is 0 Å². The molecule has 20 heavy (non-hydrogen) atoms. The fourth-order valence-corrected chi connectivity index (χ4v) is 4.40. The van der Waals surface area contributed by atoms with Gasteiger partial charge in [-0.2, -0.15) is 0 Å². The van der Waals surface area contributed by atoms with E-state index in [9.17, 15) is 0 Å². The minimum atomic E-state index is 0.392. The van der Waals surface area contributed by atoms with Crippen LogP contribution in [0.2, 0.25) is 0 Å². The van der Waals surface area contributed by atoms with E-state index in [4.69, 9.17) is 10.5 Å². The Bertz CT molecular complexity index is 365. The maximum absolute atomic E-state index is 6.08. The second-order valence-corrected chi connectivity index (χ2v) is 6.78. The van der Waals surface area contributed by atoms with Gasteiger partial charge in [-0.15, -0.1) is 0 Å². The van der Waals surface area contributed by atoms with E-state index in [0.717, 1.165) is 19.6 Å². The first-order valence-corrected chi connectivity index (χ1v) is 8.46. The van der Waals surface area contributed by atoms with Gasteiger partial charge in [-0.05, 0) is 25.7 Å². The summed E-state index contributed by atoms with van der Waals surface area (Å²) in [7, 11) is 0. The number of guanidine groups is 1. The van der Waals surface area contributed by atoms with E-state index >= 15 is 0 Å². The summed E-state index contributed by atoms with van der Waals surface area (Å²) < 4.78 is 5.93. The van der Waals surface area contributed by atoms with Crippen LogP contribution in [0.4, 0.5) is 0 Å². The van der Waals surface area contributed by atoms with Gasteiger partial charge in [0.2, 0.25) is 0 Å². The van der Waals surface area contributed by atoms with Gasteiger partial charge >= 0.3 is 0 Å². The Labute approximate surface area is 122 Å². The van der Waals surface area contributed by atoms with Crippen molar-refractivity contribution in [2.45, 2.75) is 70.4 Å². The standard InChI is InChI=1S/C16H29N3O/c1-2-3-4-5-10-18-15(17)19-13-12-7-11-20-14(12)16(13)8-6-9-16/h12-14H,2-11H2,1H3,(H3,17,18,19). The number of nitrogens with zero attached hydrogens (tertiary/aromatic N) is 1. The molecule has 0 aromatic rings. The van der Waals surface area contributed by atoms with E-state index in [1.165, 1.54) is 44.9 Å². The smallest absolute Gasteiger partial charge is 0.188 e. The van der Waals surface area contributed by atoms with E-state index in [2.05, 4.69) is 17.2 Å². The average Bonchev–Trinajstić information content (AvgIpc) is 2.79. The third-order valence-corrected chi connectivity index (χ3v) is 5.63. The molecule has 3 N–H and O–H groups in total. The molecule has 0 radical (unpaired) electrons. The van der Waals surface area contributed by atoms with Gasteiger partial charge < -0.3 is 15.8 Å². The van der Waals surface area contributed by atoms with Gasteiger partial charge in [0.15, 0.2) is 5.96 Å². The molecule has 1 heterocycles. The van der Waals surface area contributed by atoms with E-state index < -0.39 is 0 Å². The topological polar surface area (TPSA) is 59.6 Å². The zero-order chi connectivity index (χ0) is 14.0. The van der Waals surface area contributed by atoms with Crippen LogP contribution in [0, 0.1) is 11.3 Å². The van der Waals surface area contributed by atoms with Crippen molar-refractivity contribution in [2.75, 3.05) is 13.2 Å². The van der Waals surface area contributed by atoms with E-state index in [1.54, 1.807) is 0 Å². The number of fused-ring (bicyclic) bond motifs is 2. The highest BCUT2D eigenvalue weighted by molar-refractivity contribution is 5.78. The number of nitrogens with one attached hydrogen (secondary N) is 1. The fraction of sp³-hybridized carbons (Fsp3) is 0.938. The Hall–Kier alpha value is -0.770. The molecule has 0 bridgehead atoms. The van der Waals surface area contributed by atoms with Gasteiger partial charge in [0, 0.05) is 30.5 Å². The number of aliphatic imine (C=N–C) groups is 1. The first-order valence-electron chi connectivity index (χ1n) is 8.46. The number of nitrogens with two attached hydrogens (primary N) is 1. The van der Waals surface area contributed by atoms with Crippen LogP contribution in [0.5, 0.6) is 0 Å². The Kier molecular flexibility index (Phi) is 4.20. The largest absolute Gasteiger partial charge is 0.377 e. The van der Waals surface area contributed by atoms with Crippen LogP contribution in [0.1, 0.15) is 58.3 Å². The van der Waals surface area contributed by atoms with Crippen molar-refractivity contribution in [1.82, 2.24) is 5.32 Å². The lowest BCUT2D eigenvalue weighted by atomic mass is 9.46. The molecule has 1 saturated heterocycles. The molecule has 3 unspecified atom stereocenters. The predicted octanol–water partition coefficient (Wildman–Crippen LogP) is 2.43. The van der Waals surface area contributed by atoms with E-state index in [-0.39, 0.29) is 0 Å². The van der Waals surface area contributed by atoms with Crippen LogP contribution in [-0.4, -0.2) is 31.3 Å². The normalized spacial score (nSPS) is 34.5. The molecule has 114 valence electrons. The molecule has 3 rings (SSSR count). The van der Waals surface area contributed by atoms with Crippen LogP contribution >= 0.6 is 0 Å². The van der Waals surface area contributed by atoms with Gasteiger partial charge in [-0.3, -0.25) is 4.99 Å². The first-order chi connectivity index (χ1) is 9.78. The summed E-state index contributed by atoms with van der Waals surface area (Å²) in [6.45, 7) is 4.03. The zero-order valence-electron chi connectivity index (χ0n) is 12.7. The van der Waals surface area contributed by atoms with E-state index in [0.29, 0.717) is 29.4 Å². The maximum atomic E-state index is 6.08. The average molecular weight is 279 g/mol. The highest BCUT2D eigenvalue weighted by Crippen LogP contribution is 2.62. The Morgan fingerprint density at radius 2 is 2.20 bits per heavy atom. The second kappa shape index (κ2) is 5.92. The molecule has 0 aromatic heterocycles. The van der Waals surface area contributed by atoms with Crippen LogP contribution in [-0.2, 0) is 4.74 Å². The lowest BCUT2D eigenvalue weighted by molar-refractivity contribution is -0.171. The molecule has 0 amide bonds. The summed E-state index contributed by atoms with van der Waals surface area (Å²) in [6, 6.07) is 0.517. The Balaban J connectivity index is 1.48. The van der Waals surface area contributed by atoms with Gasteiger partial charge in [0.05, 0.1) is 6.10 Å². The maximum Gasteiger partial charge on any atom is 0.188 e. The molecule has 0 aromatic carbocycles. The third kappa shape index (κ3) is 2.32. The van der Waals surface area contributed by atoms with Crippen molar-refractivity contribution in [3.8, 4) is 0 Å². The van der Waals surface area contributed by atoms with Crippen molar-refractivity contribution >= 4 is 5.96 Å². The van der Waals surface area contributed by atoms with Gasteiger partial charge in [-0.1, -0.05) is 32.6 Å². The number of unbranched alkanes of at least 4 members (excludes halogenated alkanes) is 3. The number of rotatable bonds is 6. The molecule has 3 atom stereocenters. The summed E-state index contributed by atoms with van der Waals surface area (Å²) in [5.74, 6) is 1.33. The lowest BCUT2D eigenvalue weighted by Crippen LogP contribution is -2.72. The second-order valence-electron chi connectivity index (χ2n) is 6.78. The predicted molar refractivity (Wildman–Crippen MR) is 81.7 cm³/mol.